The molecule has 2 heterocycles. The third kappa shape index (κ3) is 7.30. The smallest absolute Gasteiger partial charge is 0.338 e. The van der Waals surface area contributed by atoms with E-state index in [4.69, 9.17) is 23.4 Å². The zero-order valence-corrected chi connectivity index (χ0v) is 24.9. The van der Waals surface area contributed by atoms with E-state index in [1.165, 1.54) is 36.4 Å². The number of aliphatic hydroxyl groups excluding tert-OH is 2. The van der Waals surface area contributed by atoms with E-state index >= 15 is 0 Å². The number of aryl methyl sites for hydroxylation is 2. The van der Waals surface area contributed by atoms with E-state index in [1.54, 1.807) is 26.0 Å². The molecular weight excluding hydrogens is 620 g/mol. The third-order valence-electron chi connectivity index (χ3n) is 7.26. The molecule has 5 atom stereocenters. The topological polar surface area (TPSA) is 223 Å². The first kappa shape index (κ1) is 32.8. The molecule has 6 N–H and O–H groups in total. The van der Waals surface area contributed by atoms with E-state index in [0.717, 1.165) is 18.2 Å². The predicted octanol–water partition coefficient (Wildman–Crippen LogP) is 2.54. The summed E-state index contributed by atoms with van der Waals surface area (Å²) in [5.74, 6) is -3.97. The number of benzene rings is 3. The molecule has 0 saturated carbocycles. The Bertz CT molecular complexity index is 1870. The maximum absolute atomic E-state index is 12.8. The number of fused-ring (bicyclic) bond motifs is 1. The highest BCUT2D eigenvalue weighted by molar-refractivity contribution is 5.91. The van der Waals surface area contributed by atoms with Gasteiger partial charge in [-0.15, -0.1) is 0 Å². The van der Waals surface area contributed by atoms with Gasteiger partial charge in [-0.3, -0.25) is 4.79 Å². The summed E-state index contributed by atoms with van der Waals surface area (Å²) in [5.41, 5.74) is 0.613. The van der Waals surface area contributed by atoms with Gasteiger partial charge in [0.05, 0.1) is 10.9 Å². The monoisotopic (exact) mass is 650 g/mol. The molecule has 0 aliphatic carbocycles. The zero-order valence-electron chi connectivity index (χ0n) is 24.9. The summed E-state index contributed by atoms with van der Waals surface area (Å²) in [6.45, 7) is 2.57. The zero-order chi connectivity index (χ0) is 34.0. The van der Waals surface area contributed by atoms with Gasteiger partial charge >= 0.3 is 11.9 Å². The quantitative estimate of drug-likeness (QED) is 0.0916. The minimum Gasteiger partial charge on any atom is -0.508 e. The van der Waals surface area contributed by atoms with Crippen molar-refractivity contribution in [2.45, 2.75) is 44.6 Å². The Kier molecular flexibility index (Phi) is 9.37. The van der Waals surface area contributed by atoms with Gasteiger partial charge in [-0.2, -0.15) is 0 Å². The normalized spacial score (nSPS) is 21.1. The van der Waals surface area contributed by atoms with Crippen LogP contribution < -0.4 is 10.2 Å². The molecule has 3 aromatic carbocycles. The Labute approximate surface area is 265 Å². The third-order valence-corrected chi connectivity index (χ3v) is 7.26. The SMILES string of the molecule is Cc1cc(=O)c2c(C)cc(O[C@@H]3O[C@H](COC(=O)c4cc(O)c(O)c(O)c4)[C@@H](O)[C@H](O)[C@H]3OC(=O)/C=C/c3ccc(O)cc3)cc2o1. The first-order valence-electron chi connectivity index (χ1n) is 14.1. The molecular formula is C33H30O14. The Hall–Kier alpha value is -5.57. The molecule has 14 heteroatoms. The van der Waals surface area contributed by atoms with Gasteiger partial charge in [0, 0.05) is 18.2 Å². The number of hydrogen-bond donors (Lipinski definition) is 6. The number of rotatable bonds is 8. The number of phenols is 4. The van der Waals surface area contributed by atoms with Gasteiger partial charge in [0.2, 0.25) is 6.29 Å². The Balaban J connectivity index is 1.39. The van der Waals surface area contributed by atoms with Crippen molar-refractivity contribution in [2.24, 2.45) is 0 Å². The van der Waals surface area contributed by atoms with Gasteiger partial charge in [0.25, 0.3) is 0 Å². The van der Waals surface area contributed by atoms with Crippen LogP contribution in [-0.4, -0.2) is 79.9 Å². The van der Waals surface area contributed by atoms with Crippen molar-refractivity contribution < 1.29 is 63.6 Å². The number of esters is 2. The number of carbonyl (C=O) groups excluding carboxylic acids is 2. The fourth-order valence-corrected chi connectivity index (χ4v) is 4.93. The van der Waals surface area contributed by atoms with Crippen LogP contribution in [0.15, 0.2) is 69.9 Å². The van der Waals surface area contributed by atoms with Crippen LogP contribution in [0.1, 0.15) is 27.2 Å². The van der Waals surface area contributed by atoms with E-state index in [2.05, 4.69) is 0 Å². The predicted molar refractivity (Wildman–Crippen MR) is 162 cm³/mol. The molecule has 1 fully saturated rings. The van der Waals surface area contributed by atoms with Crippen molar-refractivity contribution >= 4 is 29.0 Å². The first-order chi connectivity index (χ1) is 22.3. The molecule has 4 aromatic rings. The summed E-state index contributed by atoms with van der Waals surface area (Å²) in [6, 6.07) is 11.9. The van der Waals surface area contributed by atoms with E-state index < -0.39 is 66.5 Å². The molecule has 14 nitrogen and oxygen atoms in total. The second kappa shape index (κ2) is 13.4. The van der Waals surface area contributed by atoms with Crippen molar-refractivity contribution in [3.8, 4) is 28.7 Å². The minimum absolute atomic E-state index is 0.0270. The molecule has 1 saturated heterocycles. The number of ether oxygens (including phenoxy) is 4. The molecule has 1 aromatic heterocycles. The fraction of sp³-hybridized carbons (Fsp3) is 0.242. The van der Waals surface area contributed by atoms with Crippen molar-refractivity contribution in [1.29, 1.82) is 0 Å². The highest BCUT2D eigenvalue weighted by Crippen LogP contribution is 2.36. The Morgan fingerprint density at radius 1 is 0.915 bits per heavy atom. The second-order valence-electron chi connectivity index (χ2n) is 10.8. The van der Waals surface area contributed by atoms with Gasteiger partial charge in [-0.1, -0.05) is 12.1 Å². The van der Waals surface area contributed by atoms with Gasteiger partial charge in [-0.25, -0.2) is 9.59 Å². The molecule has 0 spiro atoms. The number of aliphatic hydroxyl groups is 2. The van der Waals surface area contributed by atoms with Crippen LogP contribution in [0.5, 0.6) is 28.7 Å². The summed E-state index contributed by atoms with van der Waals surface area (Å²) in [4.78, 5) is 37.9. The molecule has 5 rings (SSSR count). The van der Waals surface area contributed by atoms with Gasteiger partial charge in [0.1, 0.15) is 47.8 Å². The highest BCUT2D eigenvalue weighted by Gasteiger charge is 2.48. The fourth-order valence-electron chi connectivity index (χ4n) is 4.93. The maximum Gasteiger partial charge on any atom is 0.338 e. The van der Waals surface area contributed by atoms with Crippen molar-refractivity contribution in [3.63, 3.8) is 0 Å². The molecule has 1 aliphatic heterocycles. The van der Waals surface area contributed by atoms with Crippen LogP contribution in [0, 0.1) is 13.8 Å². The Morgan fingerprint density at radius 2 is 1.60 bits per heavy atom. The van der Waals surface area contributed by atoms with Crippen LogP contribution >= 0.6 is 0 Å². The summed E-state index contributed by atoms with van der Waals surface area (Å²) >= 11 is 0. The lowest BCUT2D eigenvalue weighted by Crippen LogP contribution is -2.61. The molecule has 47 heavy (non-hydrogen) atoms. The van der Waals surface area contributed by atoms with Crippen molar-refractivity contribution in [2.75, 3.05) is 6.61 Å². The maximum atomic E-state index is 12.8. The summed E-state index contributed by atoms with van der Waals surface area (Å²) in [7, 11) is 0. The second-order valence-corrected chi connectivity index (χ2v) is 10.8. The van der Waals surface area contributed by atoms with Crippen LogP contribution in [0.4, 0.5) is 0 Å². The van der Waals surface area contributed by atoms with Crippen LogP contribution in [0.2, 0.25) is 0 Å². The van der Waals surface area contributed by atoms with E-state index in [-0.39, 0.29) is 28.1 Å². The largest absolute Gasteiger partial charge is 0.508 e. The number of aromatic hydroxyl groups is 4. The molecule has 1 aliphatic rings. The average Bonchev–Trinajstić information content (AvgIpc) is 3.01. The lowest BCUT2D eigenvalue weighted by molar-refractivity contribution is -0.281. The lowest BCUT2D eigenvalue weighted by Gasteiger charge is -2.41. The molecule has 246 valence electrons. The average molecular weight is 651 g/mol. The van der Waals surface area contributed by atoms with Crippen LogP contribution in [0.25, 0.3) is 17.0 Å². The number of hydrogen-bond acceptors (Lipinski definition) is 14. The van der Waals surface area contributed by atoms with Crippen molar-refractivity contribution in [1.82, 2.24) is 0 Å². The van der Waals surface area contributed by atoms with Gasteiger partial charge < -0.3 is 54.0 Å². The van der Waals surface area contributed by atoms with E-state index in [9.17, 15) is 45.0 Å². The highest BCUT2D eigenvalue weighted by atomic mass is 16.7. The molecule has 0 radical (unpaired) electrons. The first-order valence-corrected chi connectivity index (χ1v) is 14.1. The molecule has 0 unspecified atom stereocenters. The standard InChI is InChI=1S/C33H30O14/c1-15-9-20(13-24-27(15)21(35)10-16(2)44-24)45-33-31(47-26(38)8-5-17-3-6-19(34)7-4-17)30(41)29(40)25(46-33)14-43-32(42)18-11-22(36)28(39)23(37)12-18/h3-13,25,29-31,33-34,36-37,39-41H,14H2,1-2H3/b8-5+/t25-,29-,30+,31-,33-/m1/s1. The molecule has 0 amide bonds. The lowest BCUT2D eigenvalue weighted by atomic mass is 9.99. The van der Waals surface area contributed by atoms with Crippen molar-refractivity contribution in [3.05, 3.63) is 93.3 Å². The van der Waals surface area contributed by atoms with E-state index in [1.807, 2.05) is 0 Å². The summed E-state index contributed by atoms with van der Waals surface area (Å²) in [5, 5.41) is 60.7. The summed E-state index contributed by atoms with van der Waals surface area (Å²) in [6.07, 6.45) is -5.82. The van der Waals surface area contributed by atoms with Gasteiger partial charge in [0.15, 0.2) is 28.8 Å². The number of carbonyl (C=O) groups is 2. The Morgan fingerprint density at radius 3 is 2.28 bits per heavy atom. The number of phenolic OH excluding ortho intramolecular Hbond substituents is 4. The van der Waals surface area contributed by atoms with Crippen LogP contribution in [-0.2, 0) is 19.0 Å². The summed E-state index contributed by atoms with van der Waals surface area (Å²) < 4.78 is 28.1. The molecule has 0 bridgehead atoms. The van der Waals surface area contributed by atoms with Crippen LogP contribution in [0.3, 0.4) is 0 Å². The minimum atomic E-state index is -1.83. The van der Waals surface area contributed by atoms with E-state index in [0.29, 0.717) is 22.3 Å². The van der Waals surface area contributed by atoms with Gasteiger partial charge in [-0.05, 0) is 61.4 Å².